The van der Waals surface area contributed by atoms with E-state index in [1.54, 1.807) is 0 Å². The number of methoxy groups -OCH3 is 1. The molecule has 0 radical (unpaired) electrons. The van der Waals surface area contributed by atoms with E-state index in [9.17, 15) is 18.0 Å². The minimum Gasteiger partial charge on any atom is -0.480 e. The van der Waals surface area contributed by atoms with Gasteiger partial charge in [-0.25, -0.2) is 13.4 Å². The Labute approximate surface area is 114 Å². The molecule has 9 nitrogen and oxygen atoms in total. The zero-order valence-corrected chi connectivity index (χ0v) is 11.4. The maximum Gasteiger partial charge on any atom is 0.322 e. The van der Waals surface area contributed by atoms with Crippen LogP contribution in [0.3, 0.4) is 0 Å². The van der Waals surface area contributed by atoms with Gasteiger partial charge in [0, 0.05) is 6.42 Å². The number of sulfonamides is 1. The number of carbonyl (C=O) groups is 2. The van der Waals surface area contributed by atoms with E-state index in [1.807, 2.05) is 0 Å². The van der Waals surface area contributed by atoms with Crippen molar-refractivity contribution >= 4 is 22.0 Å². The number of esters is 1. The molecule has 2 N–H and O–H groups in total. The van der Waals surface area contributed by atoms with Gasteiger partial charge < -0.3 is 14.8 Å². The molecule has 1 aliphatic heterocycles. The fourth-order valence-electron chi connectivity index (χ4n) is 2.01. The fourth-order valence-corrected chi connectivity index (χ4v) is 3.47. The van der Waals surface area contributed by atoms with E-state index in [0.29, 0.717) is 11.4 Å². The number of rotatable bonds is 4. The lowest BCUT2D eigenvalue weighted by atomic mass is 10.1. The molecule has 20 heavy (non-hydrogen) atoms. The average Bonchev–Trinajstić information content (AvgIpc) is 2.83. The Morgan fingerprint density at radius 1 is 1.60 bits per heavy atom. The van der Waals surface area contributed by atoms with Crippen molar-refractivity contribution in [3.63, 3.8) is 0 Å². The van der Waals surface area contributed by atoms with Crippen LogP contribution in [0.25, 0.3) is 0 Å². The van der Waals surface area contributed by atoms with E-state index in [2.05, 4.69) is 14.7 Å². The molecule has 110 valence electrons. The number of aromatic amines is 1. The number of fused-ring (bicyclic) bond motifs is 1. The van der Waals surface area contributed by atoms with Gasteiger partial charge in [-0.2, -0.15) is 4.31 Å². The summed E-state index contributed by atoms with van der Waals surface area (Å²) >= 11 is 0. The Morgan fingerprint density at radius 2 is 2.30 bits per heavy atom. The van der Waals surface area contributed by atoms with Crippen molar-refractivity contribution < 1.29 is 27.9 Å². The number of carboxylic acid groups (broad SMARTS) is 1. The normalized spacial score (nSPS) is 19.4. The number of nitrogens with zero attached hydrogens (tertiary/aromatic N) is 2. The minimum atomic E-state index is -4.08. The minimum absolute atomic E-state index is 0.0471. The van der Waals surface area contributed by atoms with Crippen LogP contribution in [0.4, 0.5) is 0 Å². The third-order valence-electron chi connectivity index (χ3n) is 3.03. The lowest BCUT2D eigenvalue weighted by Crippen LogP contribution is -2.50. The molecule has 0 amide bonds. The summed E-state index contributed by atoms with van der Waals surface area (Å²) in [5, 5.41) is 9.17. The molecule has 0 fully saturated rings. The van der Waals surface area contributed by atoms with Gasteiger partial charge in [-0.15, -0.1) is 0 Å². The van der Waals surface area contributed by atoms with Crippen molar-refractivity contribution in [2.75, 3.05) is 12.9 Å². The number of hydrogen-bond donors (Lipinski definition) is 2. The van der Waals surface area contributed by atoms with Gasteiger partial charge in [0.25, 0.3) is 0 Å². The van der Waals surface area contributed by atoms with Crippen molar-refractivity contribution in [1.29, 1.82) is 0 Å². The van der Waals surface area contributed by atoms with Crippen molar-refractivity contribution in [3.8, 4) is 0 Å². The van der Waals surface area contributed by atoms with Crippen molar-refractivity contribution in [2.24, 2.45) is 0 Å². The summed E-state index contributed by atoms with van der Waals surface area (Å²) in [7, 11) is -3.01. The number of aliphatic carboxylic acids is 1. The number of nitrogens with one attached hydrogen (secondary N) is 1. The van der Waals surface area contributed by atoms with Gasteiger partial charge in [-0.3, -0.25) is 9.59 Å². The Balaban J connectivity index is 2.33. The highest BCUT2D eigenvalue weighted by Crippen LogP contribution is 2.24. The Morgan fingerprint density at radius 3 is 2.90 bits per heavy atom. The van der Waals surface area contributed by atoms with Crippen LogP contribution in [-0.2, 0) is 37.3 Å². The highest BCUT2D eigenvalue weighted by Gasteiger charge is 2.40. The van der Waals surface area contributed by atoms with E-state index in [4.69, 9.17) is 5.11 Å². The molecule has 2 heterocycles. The van der Waals surface area contributed by atoms with Crippen LogP contribution in [0, 0.1) is 0 Å². The molecule has 0 saturated heterocycles. The lowest BCUT2D eigenvalue weighted by molar-refractivity contribution is -0.142. The molecule has 1 aliphatic rings. The van der Waals surface area contributed by atoms with Crippen LogP contribution in [0.2, 0.25) is 0 Å². The molecule has 2 rings (SSSR count). The molecule has 0 saturated carbocycles. The highest BCUT2D eigenvalue weighted by molar-refractivity contribution is 7.89. The molecular formula is C10H13N3O6S. The summed E-state index contributed by atoms with van der Waals surface area (Å²) in [4.78, 5) is 29.1. The fraction of sp³-hybridized carbons (Fsp3) is 0.500. The quantitative estimate of drug-likeness (QED) is 0.663. The number of ether oxygens (including phenoxy) is 1. The van der Waals surface area contributed by atoms with Gasteiger partial charge in [0.1, 0.15) is 6.04 Å². The maximum absolute atomic E-state index is 12.1. The van der Waals surface area contributed by atoms with Crippen LogP contribution in [0.1, 0.15) is 11.4 Å². The number of hydrogen-bond acceptors (Lipinski definition) is 6. The monoisotopic (exact) mass is 303 g/mol. The second-order valence-electron chi connectivity index (χ2n) is 4.26. The zero-order valence-electron chi connectivity index (χ0n) is 10.6. The van der Waals surface area contributed by atoms with E-state index in [-0.39, 0.29) is 13.0 Å². The average molecular weight is 303 g/mol. The van der Waals surface area contributed by atoms with Gasteiger partial charge in [0.15, 0.2) is 5.75 Å². The molecular weight excluding hydrogens is 290 g/mol. The molecule has 0 aliphatic carbocycles. The molecule has 1 atom stereocenters. The summed E-state index contributed by atoms with van der Waals surface area (Å²) in [6.45, 7) is -0.161. The predicted octanol–water partition coefficient (Wildman–Crippen LogP) is -1.28. The first kappa shape index (κ1) is 14.5. The Bertz CT molecular complexity index is 637. The summed E-state index contributed by atoms with van der Waals surface area (Å²) < 4.78 is 29.4. The molecule has 1 unspecified atom stereocenters. The number of carbonyl (C=O) groups excluding carboxylic acids is 1. The number of aromatic nitrogens is 2. The van der Waals surface area contributed by atoms with Crippen LogP contribution in [0.5, 0.6) is 0 Å². The van der Waals surface area contributed by atoms with Gasteiger partial charge in [0.05, 0.1) is 31.4 Å². The third-order valence-corrected chi connectivity index (χ3v) is 4.72. The molecule has 0 aromatic carbocycles. The smallest absolute Gasteiger partial charge is 0.322 e. The first-order chi connectivity index (χ1) is 9.35. The second kappa shape index (κ2) is 5.21. The third kappa shape index (κ3) is 2.65. The molecule has 1 aromatic rings. The Kier molecular flexibility index (Phi) is 3.77. The first-order valence-corrected chi connectivity index (χ1v) is 7.26. The maximum atomic E-state index is 12.1. The van der Waals surface area contributed by atoms with Gasteiger partial charge in [0.2, 0.25) is 10.0 Å². The number of H-pyrrole nitrogens is 1. The second-order valence-corrected chi connectivity index (χ2v) is 6.19. The number of imidazole rings is 1. The summed E-state index contributed by atoms with van der Waals surface area (Å²) in [5.41, 5.74) is 1.04. The van der Waals surface area contributed by atoms with Gasteiger partial charge >= 0.3 is 11.9 Å². The molecule has 0 bridgehead atoms. The van der Waals surface area contributed by atoms with E-state index >= 15 is 0 Å². The summed E-state index contributed by atoms with van der Waals surface area (Å²) in [5.74, 6) is -3.12. The van der Waals surface area contributed by atoms with Crippen molar-refractivity contribution in [1.82, 2.24) is 14.3 Å². The zero-order chi connectivity index (χ0) is 14.9. The standard InChI is InChI=1S/C10H13N3O6S/c1-19-9(14)4-20(17,18)13-3-7-6(11-5-12-7)2-8(13)10(15)16/h5,8H,2-4H2,1H3,(H,11,12)(H,15,16). The molecule has 10 heteroatoms. The molecule has 0 spiro atoms. The van der Waals surface area contributed by atoms with Crippen LogP contribution in [-0.4, -0.2) is 58.6 Å². The van der Waals surface area contributed by atoms with Crippen LogP contribution < -0.4 is 0 Å². The van der Waals surface area contributed by atoms with Crippen molar-refractivity contribution in [3.05, 3.63) is 17.7 Å². The number of carboxylic acids is 1. The predicted molar refractivity (Wildman–Crippen MR) is 65.1 cm³/mol. The topological polar surface area (TPSA) is 130 Å². The highest BCUT2D eigenvalue weighted by atomic mass is 32.2. The van der Waals surface area contributed by atoms with Gasteiger partial charge in [-0.05, 0) is 0 Å². The lowest BCUT2D eigenvalue weighted by Gasteiger charge is -2.30. The van der Waals surface area contributed by atoms with E-state index in [0.717, 1.165) is 11.4 Å². The van der Waals surface area contributed by atoms with Crippen molar-refractivity contribution in [2.45, 2.75) is 19.0 Å². The van der Waals surface area contributed by atoms with Crippen LogP contribution >= 0.6 is 0 Å². The van der Waals surface area contributed by atoms with E-state index in [1.165, 1.54) is 6.33 Å². The Hall–Kier alpha value is -1.94. The summed E-state index contributed by atoms with van der Waals surface area (Å²) in [6, 6.07) is -1.28. The van der Waals surface area contributed by atoms with Gasteiger partial charge in [-0.1, -0.05) is 0 Å². The molecule has 1 aromatic heterocycles. The largest absolute Gasteiger partial charge is 0.480 e. The van der Waals surface area contributed by atoms with E-state index < -0.39 is 33.8 Å². The van der Waals surface area contributed by atoms with Crippen LogP contribution in [0.15, 0.2) is 6.33 Å². The first-order valence-electron chi connectivity index (χ1n) is 5.65. The SMILES string of the molecule is COC(=O)CS(=O)(=O)N1Cc2[nH]cnc2CC1C(=O)O. The summed E-state index contributed by atoms with van der Waals surface area (Å²) in [6.07, 6.45) is 1.33.